The highest BCUT2D eigenvalue weighted by molar-refractivity contribution is 6.30. The third kappa shape index (κ3) is 3.29. The van der Waals surface area contributed by atoms with E-state index in [1.54, 1.807) is 18.2 Å². The minimum absolute atomic E-state index is 0.237. The second-order valence-electron chi connectivity index (χ2n) is 3.76. The highest BCUT2D eigenvalue weighted by Crippen LogP contribution is 2.29. The molecule has 2 N–H and O–H groups in total. The molecule has 0 spiro atoms. The number of rotatable bonds is 5. The van der Waals surface area contributed by atoms with Crippen LogP contribution in [0.3, 0.4) is 0 Å². The lowest BCUT2D eigenvalue weighted by molar-refractivity contribution is 0.0104. The minimum atomic E-state index is 0.237. The third-order valence-electron chi connectivity index (χ3n) is 2.32. The second-order valence-corrected chi connectivity index (χ2v) is 4.19. The summed E-state index contributed by atoms with van der Waals surface area (Å²) in [6.07, 6.45) is 2.55. The molecule has 0 amide bonds. The summed E-state index contributed by atoms with van der Waals surface area (Å²) in [6, 6.07) is 5.14. The molecule has 1 fully saturated rings. The van der Waals surface area contributed by atoms with Crippen LogP contribution in [0.5, 0.6) is 5.75 Å². The van der Waals surface area contributed by atoms with E-state index in [1.807, 2.05) is 0 Å². The van der Waals surface area contributed by atoms with Crippen molar-refractivity contribution in [1.82, 2.24) is 0 Å². The number of nitrogens with two attached hydrogens (primary N) is 1. The van der Waals surface area contributed by atoms with E-state index in [0.29, 0.717) is 16.5 Å². The van der Waals surface area contributed by atoms with Crippen LogP contribution >= 0.6 is 11.6 Å². The molecule has 1 aromatic carbocycles. The Hall–Kier alpha value is -0.930. The normalized spacial score (nSPS) is 15.3. The Bertz CT molecular complexity index is 339. The van der Waals surface area contributed by atoms with Gasteiger partial charge in [-0.15, -0.1) is 0 Å². The molecule has 2 rings (SSSR count). The lowest BCUT2D eigenvalue weighted by atomic mass is 10.3. The van der Waals surface area contributed by atoms with Crippen molar-refractivity contribution in [3.63, 3.8) is 0 Å². The summed E-state index contributed by atoms with van der Waals surface area (Å²) in [5, 5.41) is 0.612. The number of nitrogen functional groups attached to an aromatic ring is 1. The summed E-state index contributed by atoms with van der Waals surface area (Å²) in [7, 11) is 0. The van der Waals surface area contributed by atoms with Crippen molar-refractivity contribution in [2.24, 2.45) is 5.92 Å². The molecule has 4 heteroatoms. The number of hydrogen-bond donors (Lipinski definition) is 1. The minimum Gasteiger partial charge on any atom is -0.465 e. The van der Waals surface area contributed by atoms with Gasteiger partial charge in [-0.25, -0.2) is 0 Å². The van der Waals surface area contributed by atoms with Crippen LogP contribution in [0.4, 0.5) is 5.69 Å². The SMILES string of the molecule is Nc1ccc(Cl)cc1OCOCC1CC1. The topological polar surface area (TPSA) is 44.5 Å². The zero-order chi connectivity index (χ0) is 10.7. The van der Waals surface area contributed by atoms with Gasteiger partial charge >= 0.3 is 0 Å². The number of halogens is 1. The molecule has 1 aliphatic carbocycles. The maximum Gasteiger partial charge on any atom is 0.189 e. The smallest absolute Gasteiger partial charge is 0.189 e. The van der Waals surface area contributed by atoms with Gasteiger partial charge in [0.15, 0.2) is 6.79 Å². The number of anilines is 1. The Morgan fingerprint density at radius 2 is 2.20 bits per heavy atom. The van der Waals surface area contributed by atoms with Crippen LogP contribution < -0.4 is 10.5 Å². The standard InChI is InChI=1S/C11H14ClNO2/c12-9-3-4-10(13)11(5-9)15-7-14-6-8-1-2-8/h3-5,8H,1-2,6-7,13H2. The molecule has 0 radical (unpaired) electrons. The Balaban J connectivity index is 1.78. The molecular formula is C11H14ClNO2. The Labute approximate surface area is 94.1 Å². The van der Waals surface area contributed by atoms with Gasteiger partial charge in [-0.3, -0.25) is 0 Å². The zero-order valence-electron chi connectivity index (χ0n) is 8.41. The molecule has 0 aromatic heterocycles. The van der Waals surface area contributed by atoms with E-state index in [9.17, 15) is 0 Å². The fourth-order valence-electron chi connectivity index (χ4n) is 1.24. The molecule has 0 atom stereocenters. The summed E-state index contributed by atoms with van der Waals surface area (Å²) in [5.41, 5.74) is 6.28. The maximum atomic E-state index is 5.81. The highest BCUT2D eigenvalue weighted by Gasteiger charge is 2.21. The average Bonchev–Trinajstić information content (AvgIpc) is 3.01. The van der Waals surface area contributed by atoms with E-state index >= 15 is 0 Å². The second kappa shape index (κ2) is 4.73. The van der Waals surface area contributed by atoms with Crippen LogP contribution in [0.15, 0.2) is 18.2 Å². The summed E-state index contributed by atoms with van der Waals surface area (Å²) in [4.78, 5) is 0. The first kappa shape index (κ1) is 10.6. The van der Waals surface area contributed by atoms with Crippen molar-refractivity contribution in [3.8, 4) is 5.75 Å². The molecule has 0 aliphatic heterocycles. The molecule has 1 saturated carbocycles. The lowest BCUT2D eigenvalue weighted by Gasteiger charge is -2.09. The number of benzene rings is 1. The van der Waals surface area contributed by atoms with Crippen LogP contribution in [-0.2, 0) is 4.74 Å². The van der Waals surface area contributed by atoms with Crippen molar-refractivity contribution in [3.05, 3.63) is 23.2 Å². The van der Waals surface area contributed by atoms with Crippen LogP contribution in [0.25, 0.3) is 0 Å². The Morgan fingerprint density at radius 3 is 2.93 bits per heavy atom. The molecular weight excluding hydrogens is 214 g/mol. The molecule has 0 unspecified atom stereocenters. The van der Waals surface area contributed by atoms with Gasteiger partial charge in [0, 0.05) is 11.1 Å². The largest absolute Gasteiger partial charge is 0.465 e. The maximum absolute atomic E-state index is 5.81. The van der Waals surface area contributed by atoms with Crippen LogP contribution in [-0.4, -0.2) is 13.4 Å². The van der Waals surface area contributed by atoms with E-state index in [0.717, 1.165) is 12.5 Å². The van der Waals surface area contributed by atoms with E-state index in [2.05, 4.69) is 0 Å². The molecule has 0 bridgehead atoms. The molecule has 0 saturated heterocycles. The van der Waals surface area contributed by atoms with Gasteiger partial charge in [0.1, 0.15) is 5.75 Å². The average molecular weight is 228 g/mol. The van der Waals surface area contributed by atoms with E-state index in [4.69, 9.17) is 26.8 Å². The molecule has 0 heterocycles. The van der Waals surface area contributed by atoms with Gasteiger partial charge in [0.2, 0.25) is 0 Å². The highest BCUT2D eigenvalue weighted by atomic mass is 35.5. The van der Waals surface area contributed by atoms with Gasteiger partial charge in [0.25, 0.3) is 0 Å². The molecule has 1 aliphatic rings. The summed E-state index contributed by atoms with van der Waals surface area (Å²) >= 11 is 5.81. The molecule has 82 valence electrons. The van der Waals surface area contributed by atoms with Crippen molar-refractivity contribution >= 4 is 17.3 Å². The summed E-state index contributed by atoms with van der Waals surface area (Å²) in [5.74, 6) is 1.32. The predicted octanol–water partition coefficient (Wildman–Crippen LogP) is 2.69. The van der Waals surface area contributed by atoms with Crippen LogP contribution in [0.1, 0.15) is 12.8 Å². The fourth-order valence-corrected chi connectivity index (χ4v) is 1.40. The van der Waals surface area contributed by atoms with Gasteiger partial charge in [-0.2, -0.15) is 0 Å². The van der Waals surface area contributed by atoms with Crippen molar-refractivity contribution < 1.29 is 9.47 Å². The summed E-state index contributed by atoms with van der Waals surface area (Å²) < 4.78 is 10.7. The third-order valence-corrected chi connectivity index (χ3v) is 2.56. The number of hydrogen-bond acceptors (Lipinski definition) is 3. The van der Waals surface area contributed by atoms with Gasteiger partial charge < -0.3 is 15.2 Å². The zero-order valence-corrected chi connectivity index (χ0v) is 9.17. The molecule has 1 aromatic rings. The van der Waals surface area contributed by atoms with Gasteiger partial charge in [-0.05, 0) is 30.9 Å². The van der Waals surface area contributed by atoms with Crippen LogP contribution in [0.2, 0.25) is 5.02 Å². The molecule has 3 nitrogen and oxygen atoms in total. The predicted molar refractivity (Wildman–Crippen MR) is 60.0 cm³/mol. The first-order valence-corrected chi connectivity index (χ1v) is 5.39. The lowest BCUT2D eigenvalue weighted by Crippen LogP contribution is -2.06. The van der Waals surface area contributed by atoms with Crippen molar-refractivity contribution in [2.45, 2.75) is 12.8 Å². The Morgan fingerprint density at radius 1 is 1.40 bits per heavy atom. The summed E-state index contributed by atoms with van der Waals surface area (Å²) in [6.45, 7) is 1.02. The monoisotopic (exact) mass is 227 g/mol. The van der Waals surface area contributed by atoms with Crippen molar-refractivity contribution in [1.29, 1.82) is 0 Å². The molecule has 15 heavy (non-hydrogen) atoms. The van der Waals surface area contributed by atoms with Gasteiger partial charge in [-0.1, -0.05) is 11.6 Å². The van der Waals surface area contributed by atoms with Crippen LogP contribution in [0, 0.1) is 5.92 Å². The fraction of sp³-hybridized carbons (Fsp3) is 0.455. The first-order valence-electron chi connectivity index (χ1n) is 5.01. The van der Waals surface area contributed by atoms with Crippen molar-refractivity contribution in [2.75, 3.05) is 19.1 Å². The first-order chi connectivity index (χ1) is 7.25. The van der Waals surface area contributed by atoms with E-state index in [-0.39, 0.29) is 6.79 Å². The number of ether oxygens (including phenoxy) is 2. The van der Waals surface area contributed by atoms with E-state index < -0.39 is 0 Å². The quantitative estimate of drug-likeness (QED) is 0.478. The Kier molecular flexibility index (Phi) is 3.34. The van der Waals surface area contributed by atoms with Gasteiger partial charge in [0.05, 0.1) is 12.3 Å². The van der Waals surface area contributed by atoms with E-state index in [1.165, 1.54) is 12.8 Å².